The predicted octanol–water partition coefficient (Wildman–Crippen LogP) is 1.53. The van der Waals surface area contributed by atoms with Gasteiger partial charge in [0.1, 0.15) is 0 Å². The number of nitrogens with one attached hydrogen (secondary N) is 2. The zero-order valence-electron chi connectivity index (χ0n) is 10.9. The SMILES string of the molecule is CC1CCNC(CNC2(C)CCOC2C)C1. The van der Waals surface area contributed by atoms with E-state index < -0.39 is 0 Å². The van der Waals surface area contributed by atoms with E-state index in [2.05, 4.69) is 31.4 Å². The standard InChI is InChI=1S/C13H26N2O/c1-10-4-6-14-12(8-10)9-15-13(3)5-7-16-11(13)2/h10-12,14-15H,4-9H2,1-3H3. The Bertz CT molecular complexity index is 234. The molecule has 3 nitrogen and oxygen atoms in total. The molecule has 0 aromatic heterocycles. The van der Waals surface area contributed by atoms with E-state index in [9.17, 15) is 0 Å². The molecule has 2 rings (SSSR count). The highest BCUT2D eigenvalue weighted by Crippen LogP contribution is 2.25. The summed E-state index contributed by atoms with van der Waals surface area (Å²) < 4.78 is 5.65. The predicted molar refractivity (Wildman–Crippen MR) is 66.6 cm³/mol. The third kappa shape index (κ3) is 2.76. The van der Waals surface area contributed by atoms with E-state index >= 15 is 0 Å². The Hall–Kier alpha value is -0.120. The summed E-state index contributed by atoms with van der Waals surface area (Å²) in [6.07, 6.45) is 4.11. The summed E-state index contributed by atoms with van der Waals surface area (Å²) in [5.74, 6) is 0.873. The summed E-state index contributed by atoms with van der Waals surface area (Å²) in [7, 11) is 0. The molecule has 4 unspecified atom stereocenters. The molecule has 0 spiro atoms. The summed E-state index contributed by atoms with van der Waals surface area (Å²) in [6.45, 7) is 9.98. The van der Waals surface area contributed by atoms with E-state index in [0.717, 1.165) is 25.5 Å². The van der Waals surface area contributed by atoms with Crippen LogP contribution in [0, 0.1) is 5.92 Å². The monoisotopic (exact) mass is 226 g/mol. The summed E-state index contributed by atoms with van der Waals surface area (Å²) in [5, 5.41) is 7.31. The number of rotatable bonds is 3. The van der Waals surface area contributed by atoms with E-state index in [1.807, 2.05) is 0 Å². The lowest BCUT2D eigenvalue weighted by atomic mass is 9.91. The van der Waals surface area contributed by atoms with Gasteiger partial charge in [-0.1, -0.05) is 6.92 Å². The minimum Gasteiger partial charge on any atom is -0.377 e. The molecule has 2 saturated heterocycles. The maximum absolute atomic E-state index is 5.65. The average Bonchev–Trinajstić information content (AvgIpc) is 2.58. The van der Waals surface area contributed by atoms with Crippen LogP contribution >= 0.6 is 0 Å². The van der Waals surface area contributed by atoms with Crippen molar-refractivity contribution in [2.75, 3.05) is 19.7 Å². The van der Waals surface area contributed by atoms with Gasteiger partial charge in [-0.25, -0.2) is 0 Å². The van der Waals surface area contributed by atoms with Crippen LogP contribution in [0.15, 0.2) is 0 Å². The maximum atomic E-state index is 5.65. The molecule has 0 bridgehead atoms. The maximum Gasteiger partial charge on any atom is 0.0726 e. The molecule has 3 heteroatoms. The van der Waals surface area contributed by atoms with E-state index in [4.69, 9.17) is 4.74 Å². The van der Waals surface area contributed by atoms with Crippen molar-refractivity contribution in [2.24, 2.45) is 5.92 Å². The molecular weight excluding hydrogens is 200 g/mol. The van der Waals surface area contributed by atoms with Gasteiger partial charge in [-0.05, 0) is 45.6 Å². The van der Waals surface area contributed by atoms with Gasteiger partial charge in [-0.15, -0.1) is 0 Å². The van der Waals surface area contributed by atoms with Gasteiger partial charge >= 0.3 is 0 Å². The highest BCUT2D eigenvalue weighted by Gasteiger charge is 2.37. The second-order valence-corrected chi connectivity index (χ2v) is 5.84. The summed E-state index contributed by atoms with van der Waals surface area (Å²) in [5.41, 5.74) is 0.183. The van der Waals surface area contributed by atoms with Gasteiger partial charge in [0.15, 0.2) is 0 Å². The molecule has 0 radical (unpaired) electrons. The molecule has 2 fully saturated rings. The largest absolute Gasteiger partial charge is 0.377 e. The second-order valence-electron chi connectivity index (χ2n) is 5.84. The molecule has 0 aromatic rings. The molecule has 0 amide bonds. The van der Waals surface area contributed by atoms with Crippen LogP contribution in [-0.2, 0) is 4.74 Å². The second kappa shape index (κ2) is 5.03. The van der Waals surface area contributed by atoms with Crippen molar-refractivity contribution in [1.29, 1.82) is 0 Å². The Balaban J connectivity index is 1.78. The van der Waals surface area contributed by atoms with E-state index in [1.165, 1.54) is 19.4 Å². The van der Waals surface area contributed by atoms with Crippen LogP contribution in [0.3, 0.4) is 0 Å². The molecule has 0 aliphatic carbocycles. The number of ether oxygens (including phenoxy) is 1. The fraction of sp³-hybridized carbons (Fsp3) is 1.00. The molecular formula is C13H26N2O. The van der Waals surface area contributed by atoms with E-state index in [1.54, 1.807) is 0 Å². The first-order valence-corrected chi connectivity index (χ1v) is 6.70. The molecule has 0 aromatic carbocycles. The molecule has 2 aliphatic rings. The van der Waals surface area contributed by atoms with Crippen LogP contribution < -0.4 is 10.6 Å². The summed E-state index contributed by atoms with van der Waals surface area (Å²) in [6, 6.07) is 0.647. The normalized spacial score (nSPS) is 44.8. The lowest BCUT2D eigenvalue weighted by molar-refractivity contribution is 0.0869. The van der Waals surface area contributed by atoms with Gasteiger partial charge in [0.05, 0.1) is 6.10 Å². The molecule has 2 aliphatic heterocycles. The van der Waals surface area contributed by atoms with Crippen LogP contribution in [0.1, 0.15) is 40.0 Å². The van der Waals surface area contributed by atoms with Gasteiger partial charge in [-0.2, -0.15) is 0 Å². The van der Waals surface area contributed by atoms with Crippen molar-refractivity contribution in [1.82, 2.24) is 10.6 Å². The topological polar surface area (TPSA) is 33.3 Å². The number of hydrogen-bond donors (Lipinski definition) is 2. The number of hydrogen-bond acceptors (Lipinski definition) is 3. The van der Waals surface area contributed by atoms with Crippen molar-refractivity contribution >= 4 is 0 Å². The van der Waals surface area contributed by atoms with Crippen molar-refractivity contribution in [3.8, 4) is 0 Å². The fourth-order valence-corrected chi connectivity index (χ4v) is 2.80. The Kier molecular flexibility index (Phi) is 3.88. The Morgan fingerprint density at radius 2 is 2.25 bits per heavy atom. The third-order valence-electron chi connectivity index (χ3n) is 4.40. The molecule has 0 saturated carbocycles. The zero-order valence-corrected chi connectivity index (χ0v) is 10.9. The van der Waals surface area contributed by atoms with Gasteiger partial charge in [0.2, 0.25) is 0 Å². The Morgan fingerprint density at radius 3 is 2.88 bits per heavy atom. The van der Waals surface area contributed by atoms with E-state index in [-0.39, 0.29) is 5.54 Å². The highest BCUT2D eigenvalue weighted by atomic mass is 16.5. The van der Waals surface area contributed by atoms with Crippen LogP contribution in [0.25, 0.3) is 0 Å². The van der Waals surface area contributed by atoms with Gasteiger partial charge < -0.3 is 15.4 Å². The fourth-order valence-electron chi connectivity index (χ4n) is 2.80. The first kappa shape index (κ1) is 12.3. The molecule has 16 heavy (non-hydrogen) atoms. The van der Waals surface area contributed by atoms with Gasteiger partial charge in [-0.3, -0.25) is 0 Å². The molecule has 2 N–H and O–H groups in total. The number of piperidine rings is 1. The van der Waals surface area contributed by atoms with Crippen LogP contribution in [-0.4, -0.2) is 37.4 Å². The molecule has 4 atom stereocenters. The minimum absolute atomic E-state index is 0.183. The van der Waals surface area contributed by atoms with E-state index in [0.29, 0.717) is 12.1 Å². The Labute approximate surface area is 99.3 Å². The third-order valence-corrected chi connectivity index (χ3v) is 4.40. The quantitative estimate of drug-likeness (QED) is 0.766. The van der Waals surface area contributed by atoms with Crippen LogP contribution in [0.5, 0.6) is 0 Å². The Morgan fingerprint density at radius 1 is 1.44 bits per heavy atom. The van der Waals surface area contributed by atoms with Gasteiger partial charge in [0.25, 0.3) is 0 Å². The first-order chi connectivity index (χ1) is 7.60. The molecule has 94 valence electrons. The van der Waals surface area contributed by atoms with Crippen molar-refractivity contribution in [3.05, 3.63) is 0 Å². The average molecular weight is 226 g/mol. The minimum atomic E-state index is 0.183. The molecule has 2 heterocycles. The first-order valence-electron chi connectivity index (χ1n) is 6.70. The summed E-state index contributed by atoms with van der Waals surface area (Å²) in [4.78, 5) is 0. The van der Waals surface area contributed by atoms with Gasteiger partial charge in [0, 0.05) is 24.7 Å². The van der Waals surface area contributed by atoms with Crippen molar-refractivity contribution in [2.45, 2.75) is 57.7 Å². The van der Waals surface area contributed by atoms with Crippen LogP contribution in [0.4, 0.5) is 0 Å². The lowest BCUT2D eigenvalue weighted by Crippen LogP contribution is -2.53. The highest BCUT2D eigenvalue weighted by molar-refractivity contribution is 4.94. The van der Waals surface area contributed by atoms with Crippen LogP contribution in [0.2, 0.25) is 0 Å². The summed E-state index contributed by atoms with van der Waals surface area (Å²) >= 11 is 0. The van der Waals surface area contributed by atoms with Crippen molar-refractivity contribution in [3.63, 3.8) is 0 Å². The lowest BCUT2D eigenvalue weighted by Gasteiger charge is -2.34. The zero-order chi connectivity index (χ0) is 11.6. The van der Waals surface area contributed by atoms with Crippen molar-refractivity contribution < 1.29 is 4.74 Å². The smallest absolute Gasteiger partial charge is 0.0726 e.